The Hall–Kier alpha value is -1.89. The van der Waals surface area contributed by atoms with E-state index in [4.69, 9.17) is 0 Å². The molecule has 0 saturated heterocycles. The summed E-state index contributed by atoms with van der Waals surface area (Å²) >= 11 is 0. The zero-order valence-corrected chi connectivity index (χ0v) is 8.94. The first kappa shape index (κ1) is 10.6. The molecule has 0 radical (unpaired) electrons. The van der Waals surface area contributed by atoms with Crippen molar-refractivity contribution in [2.24, 2.45) is 0 Å². The fraction of sp³-hybridized carbons (Fsp3) is 0.0667. The molecule has 0 bridgehead atoms. The molecule has 0 N–H and O–H groups in total. The van der Waals surface area contributed by atoms with Crippen molar-refractivity contribution in [3.05, 3.63) is 77.6 Å². The fourth-order valence-electron chi connectivity index (χ4n) is 1.52. The predicted molar refractivity (Wildman–Crippen MR) is 65.6 cm³/mol. The van der Waals surface area contributed by atoms with Crippen LogP contribution in [0.5, 0.6) is 0 Å². The number of benzene rings is 2. The summed E-state index contributed by atoms with van der Waals surface area (Å²) in [5, 5.41) is 0. The van der Waals surface area contributed by atoms with E-state index in [-0.39, 0.29) is 5.82 Å². The van der Waals surface area contributed by atoms with Crippen LogP contribution in [-0.2, 0) is 6.42 Å². The lowest BCUT2D eigenvalue weighted by Crippen LogP contribution is -1.79. The minimum Gasteiger partial charge on any atom is -0.207 e. The van der Waals surface area contributed by atoms with E-state index in [1.54, 1.807) is 12.1 Å². The maximum atomic E-state index is 12.6. The minimum absolute atomic E-state index is 0.194. The Morgan fingerprint density at radius 3 is 2.25 bits per heavy atom. The predicted octanol–water partition coefficient (Wildman–Crippen LogP) is 4.08. The number of hydrogen-bond donors (Lipinski definition) is 0. The third-order valence-corrected chi connectivity index (χ3v) is 2.38. The fourth-order valence-corrected chi connectivity index (χ4v) is 1.52. The molecule has 0 unspecified atom stereocenters. The number of halogens is 1. The molecule has 2 aromatic carbocycles. The van der Waals surface area contributed by atoms with Crippen LogP contribution in [0.2, 0.25) is 0 Å². The van der Waals surface area contributed by atoms with Crippen LogP contribution in [0.3, 0.4) is 0 Å². The van der Waals surface area contributed by atoms with Crippen LogP contribution < -0.4 is 0 Å². The second-order valence-corrected chi connectivity index (χ2v) is 3.64. The zero-order chi connectivity index (χ0) is 11.2. The van der Waals surface area contributed by atoms with Gasteiger partial charge in [0.1, 0.15) is 5.82 Å². The third kappa shape index (κ3) is 3.06. The highest BCUT2D eigenvalue weighted by molar-refractivity contribution is 5.49. The molecule has 0 aliphatic carbocycles. The van der Waals surface area contributed by atoms with Crippen LogP contribution in [-0.4, -0.2) is 0 Å². The van der Waals surface area contributed by atoms with Crippen LogP contribution in [0.15, 0.2) is 60.7 Å². The first-order valence-corrected chi connectivity index (χ1v) is 5.30. The van der Waals surface area contributed by atoms with Crippen LogP contribution in [0, 0.1) is 5.82 Å². The molecule has 0 nitrogen and oxygen atoms in total. The molecule has 2 rings (SSSR count). The summed E-state index contributed by atoms with van der Waals surface area (Å²) in [6.07, 6.45) is 4.99. The van der Waals surface area contributed by atoms with E-state index in [9.17, 15) is 4.39 Å². The molecule has 0 amide bonds. The Kier molecular flexibility index (Phi) is 3.50. The molecule has 2 aromatic rings. The second-order valence-electron chi connectivity index (χ2n) is 3.64. The third-order valence-electron chi connectivity index (χ3n) is 2.38. The van der Waals surface area contributed by atoms with Gasteiger partial charge in [-0.15, -0.1) is 0 Å². The van der Waals surface area contributed by atoms with Crippen molar-refractivity contribution in [2.45, 2.75) is 6.42 Å². The standard InChI is InChI=1S/C15H13F/c16-15-11-9-14(10-12-15)8-4-7-13-5-2-1-3-6-13/h1-6,8-12H,7H2/b8-4+. The van der Waals surface area contributed by atoms with Crippen LogP contribution in [0.25, 0.3) is 6.08 Å². The van der Waals surface area contributed by atoms with E-state index in [1.165, 1.54) is 17.7 Å². The molecule has 0 atom stereocenters. The van der Waals surface area contributed by atoms with Crippen molar-refractivity contribution in [1.29, 1.82) is 0 Å². The first-order chi connectivity index (χ1) is 7.84. The van der Waals surface area contributed by atoms with Crippen molar-refractivity contribution >= 4 is 6.08 Å². The lowest BCUT2D eigenvalue weighted by atomic mass is 10.1. The Balaban J connectivity index is 1.98. The van der Waals surface area contributed by atoms with Gasteiger partial charge in [0.25, 0.3) is 0 Å². The molecule has 80 valence electrons. The molecule has 0 heterocycles. The SMILES string of the molecule is Fc1ccc(/C=C/Cc2ccccc2)cc1. The maximum absolute atomic E-state index is 12.6. The topological polar surface area (TPSA) is 0 Å². The monoisotopic (exact) mass is 212 g/mol. The highest BCUT2D eigenvalue weighted by Crippen LogP contribution is 2.06. The molecule has 0 aromatic heterocycles. The van der Waals surface area contributed by atoms with Gasteiger partial charge in [0.2, 0.25) is 0 Å². The van der Waals surface area contributed by atoms with Gasteiger partial charge in [-0.1, -0.05) is 54.6 Å². The Morgan fingerprint density at radius 1 is 0.875 bits per heavy atom. The van der Waals surface area contributed by atoms with Gasteiger partial charge < -0.3 is 0 Å². The minimum atomic E-state index is -0.194. The Labute approximate surface area is 95.1 Å². The lowest BCUT2D eigenvalue weighted by molar-refractivity contribution is 0.628. The van der Waals surface area contributed by atoms with Gasteiger partial charge in [-0.3, -0.25) is 0 Å². The first-order valence-electron chi connectivity index (χ1n) is 5.30. The molecular weight excluding hydrogens is 199 g/mol. The molecule has 1 heteroatoms. The average molecular weight is 212 g/mol. The van der Waals surface area contributed by atoms with Gasteiger partial charge in [0.05, 0.1) is 0 Å². The van der Waals surface area contributed by atoms with Gasteiger partial charge in [0.15, 0.2) is 0 Å². The Morgan fingerprint density at radius 2 is 1.56 bits per heavy atom. The summed E-state index contributed by atoms with van der Waals surface area (Å²) in [5.41, 5.74) is 2.30. The Bertz CT molecular complexity index is 455. The zero-order valence-electron chi connectivity index (χ0n) is 8.94. The van der Waals surface area contributed by atoms with E-state index in [0.717, 1.165) is 12.0 Å². The van der Waals surface area contributed by atoms with Gasteiger partial charge in [0, 0.05) is 0 Å². The maximum Gasteiger partial charge on any atom is 0.123 e. The summed E-state index contributed by atoms with van der Waals surface area (Å²) in [6, 6.07) is 16.7. The van der Waals surface area contributed by atoms with E-state index < -0.39 is 0 Å². The number of allylic oxidation sites excluding steroid dienone is 1. The van der Waals surface area contributed by atoms with E-state index in [0.29, 0.717) is 0 Å². The molecule has 0 spiro atoms. The van der Waals surface area contributed by atoms with Gasteiger partial charge in [-0.2, -0.15) is 0 Å². The van der Waals surface area contributed by atoms with Crippen molar-refractivity contribution in [3.8, 4) is 0 Å². The van der Waals surface area contributed by atoms with Crippen LogP contribution >= 0.6 is 0 Å². The molecular formula is C15H13F. The van der Waals surface area contributed by atoms with E-state index in [1.807, 2.05) is 24.3 Å². The molecule has 0 fully saturated rings. The smallest absolute Gasteiger partial charge is 0.123 e. The lowest BCUT2D eigenvalue weighted by Gasteiger charge is -1.95. The van der Waals surface area contributed by atoms with Crippen molar-refractivity contribution < 1.29 is 4.39 Å². The van der Waals surface area contributed by atoms with Gasteiger partial charge in [-0.25, -0.2) is 4.39 Å². The second kappa shape index (κ2) is 5.26. The summed E-state index contributed by atoms with van der Waals surface area (Å²) < 4.78 is 12.6. The van der Waals surface area contributed by atoms with Crippen molar-refractivity contribution in [3.63, 3.8) is 0 Å². The summed E-state index contributed by atoms with van der Waals surface area (Å²) in [4.78, 5) is 0. The summed E-state index contributed by atoms with van der Waals surface area (Å²) in [6.45, 7) is 0. The van der Waals surface area contributed by atoms with E-state index >= 15 is 0 Å². The summed E-state index contributed by atoms with van der Waals surface area (Å²) in [7, 11) is 0. The highest BCUT2D eigenvalue weighted by atomic mass is 19.1. The highest BCUT2D eigenvalue weighted by Gasteiger charge is 1.89. The molecule has 0 saturated carbocycles. The van der Waals surface area contributed by atoms with Gasteiger partial charge >= 0.3 is 0 Å². The van der Waals surface area contributed by atoms with Crippen LogP contribution in [0.1, 0.15) is 11.1 Å². The van der Waals surface area contributed by atoms with Crippen molar-refractivity contribution in [2.75, 3.05) is 0 Å². The number of rotatable bonds is 3. The molecule has 0 aliphatic heterocycles. The molecule has 16 heavy (non-hydrogen) atoms. The largest absolute Gasteiger partial charge is 0.207 e. The normalized spacial score (nSPS) is 10.8. The summed E-state index contributed by atoms with van der Waals surface area (Å²) in [5.74, 6) is -0.194. The van der Waals surface area contributed by atoms with Crippen LogP contribution in [0.4, 0.5) is 4.39 Å². The van der Waals surface area contributed by atoms with E-state index in [2.05, 4.69) is 18.2 Å². The van der Waals surface area contributed by atoms with Gasteiger partial charge in [-0.05, 0) is 29.7 Å². The molecule has 0 aliphatic rings. The van der Waals surface area contributed by atoms with Crippen molar-refractivity contribution in [1.82, 2.24) is 0 Å². The average Bonchev–Trinajstić information content (AvgIpc) is 2.33. The number of hydrogen-bond acceptors (Lipinski definition) is 0. The quantitative estimate of drug-likeness (QED) is 0.719.